The van der Waals surface area contributed by atoms with Crippen LogP contribution in [-0.2, 0) is 16.6 Å². The Hall–Kier alpha value is -1.31. The molecule has 0 atom stereocenters. The van der Waals surface area contributed by atoms with Gasteiger partial charge in [-0.15, -0.1) is 0 Å². The van der Waals surface area contributed by atoms with Crippen LogP contribution in [0.2, 0.25) is 0 Å². The predicted octanol–water partition coefficient (Wildman–Crippen LogP) is 3.09. The molecule has 1 aromatic carbocycles. The van der Waals surface area contributed by atoms with Gasteiger partial charge in [0.2, 0.25) is 0 Å². The first kappa shape index (κ1) is 11.2. The molecule has 1 aliphatic rings. The van der Waals surface area contributed by atoms with Crippen molar-refractivity contribution in [1.29, 1.82) is 0 Å². The predicted molar refractivity (Wildman–Crippen MR) is 63.7 cm³/mol. The van der Waals surface area contributed by atoms with E-state index in [9.17, 15) is 4.79 Å². The number of benzene rings is 1. The van der Waals surface area contributed by atoms with Gasteiger partial charge in [-0.25, -0.2) is 4.79 Å². The highest BCUT2D eigenvalue weighted by atomic mass is 16.5. The quantitative estimate of drug-likeness (QED) is 0.713. The Morgan fingerprint density at radius 2 is 2.19 bits per heavy atom. The van der Waals surface area contributed by atoms with Crippen molar-refractivity contribution in [2.75, 3.05) is 6.61 Å². The van der Waals surface area contributed by atoms with E-state index >= 15 is 0 Å². The Labute approximate surface area is 96.6 Å². The summed E-state index contributed by atoms with van der Waals surface area (Å²) in [6.07, 6.45) is 2.09. The summed E-state index contributed by atoms with van der Waals surface area (Å²) < 4.78 is 5.08. The van der Waals surface area contributed by atoms with Crippen LogP contribution < -0.4 is 0 Å². The molecule has 0 bridgehead atoms. The monoisotopic (exact) mass is 218 g/mol. The van der Waals surface area contributed by atoms with Crippen LogP contribution in [0, 0.1) is 0 Å². The first-order valence-electron chi connectivity index (χ1n) is 5.86. The highest BCUT2D eigenvalue weighted by Gasteiger charge is 2.32. The standard InChI is InChI=1S/C14H18O2/c1-4-16-13(15)11-6-5-7-12-10(11)8-9-14(12,2)3/h5-7H,4,8-9H2,1-3H3. The van der Waals surface area contributed by atoms with Crippen LogP contribution in [0.4, 0.5) is 0 Å². The molecule has 0 aliphatic heterocycles. The summed E-state index contributed by atoms with van der Waals surface area (Å²) in [6, 6.07) is 5.96. The Morgan fingerprint density at radius 1 is 1.44 bits per heavy atom. The fraction of sp³-hybridized carbons (Fsp3) is 0.500. The van der Waals surface area contributed by atoms with E-state index in [-0.39, 0.29) is 11.4 Å². The lowest BCUT2D eigenvalue weighted by molar-refractivity contribution is 0.0525. The van der Waals surface area contributed by atoms with Crippen molar-refractivity contribution in [2.45, 2.75) is 39.0 Å². The van der Waals surface area contributed by atoms with Crippen LogP contribution in [0.15, 0.2) is 18.2 Å². The molecule has 0 radical (unpaired) electrons. The molecule has 2 heteroatoms. The first-order chi connectivity index (χ1) is 7.56. The lowest BCUT2D eigenvalue weighted by Crippen LogP contribution is -2.13. The molecular weight excluding hydrogens is 200 g/mol. The molecule has 16 heavy (non-hydrogen) atoms. The van der Waals surface area contributed by atoms with Crippen molar-refractivity contribution >= 4 is 5.97 Å². The van der Waals surface area contributed by atoms with Crippen LogP contribution in [-0.4, -0.2) is 12.6 Å². The van der Waals surface area contributed by atoms with Gasteiger partial charge in [0.1, 0.15) is 0 Å². The summed E-state index contributed by atoms with van der Waals surface area (Å²) in [4.78, 5) is 11.8. The van der Waals surface area contributed by atoms with E-state index < -0.39 is 0 Å². The molecular formula is C14H18O2. The average molecular weight is 218 g/mol. The maximum atomic E-state index is 11.8. The van der Waals surface area contributed by atoms with Crippen molar-refractivity contribution in [3.05, 3.63) is 34.9 Å². The number of ether oxygens (including phenoxy) is 1. The summed E-state index contributed by atoms with van der Waals surface area (Å²) in [6.45, 7) is 6.73. The fourth-order valence-corrected chi connectivity index (χ4v) is 2.46. The fourth-order valence-electron chi connectivity index (χ4n) is 2.46. The third kappa shape index (κ3) is 1.73. The minimum absolute atomic E-state index is 0.183. The number of hydrogen-bond acceptors (Lipinski definition) is 2. The van der Waals surface area contributed by atoms with Crippen LogP contribution in [0.25, 0.3) is 0 Å². The van der Waals surface area contributed by atoms with E-state index in [1.807, 2.05) is 19.1 Å². The Balaban J connectivity index is 2.44. The van der Waals surface area contributed by atoms with Crippen LogP contribution >= 0.6 is 0 Å². The maximum Gasteiger partial charge on any atom is 0.338 e. The number of esters is 1. The third-order valence-electron chi connectivity index (χ3n) is 3.40. The van der Waals surface area contributed by atoms with Crippen molar-refractivity contribution in [3.63, 3.8) is 0 Å². The molecule has 86 valence electrons. The number of carbonyl (C=O) groups is 1. The van der Waals surface area contributed by atoms with E-state index in [1.54, 1.807) is 0 Å². The van der Waals surface area contributed by atoms with Gasteiger partial charge < -0.3 is 4.74 Å². The molecule has 0 saturated carbocycles. The SMILES string of the molecule is CCOC(=O)c1cccc2c1CCC2(C)C. The van der Waals surface area contributed by atoms with Gasteiger partial charge >= 0.3 is 5.97 Å². The molecule has 0 N–H and O–H groups in total. The van der Waals surface area contributed by atoms with Crippen LogP contribution in [0.5, 0.6) is 0 Å². The van der Waals surface area contributed by atoms with Crippen molar-refractivity contribution in [2.24, 2.45) is 0 Å². The zero-order valence-electron chi connectivity index (χ0n) is 10.2. The normalized spacial score (nSPS) is 16.9. The van der Waals surface area contributed by atoms with Gasteiger partial charge in [-0.2, -0.15) is 0 Å². The van der Waals surface area contributed by atoms with Gasteiger partial charge in [0, 0.05) is 0 Å². The van der Waals surface area contributed by atoms with Gasteiger partial charge in [0.05, 0.1) is 12.2 Å². The molecule has 0 spiro atoms. The molecule has 0 unspecified atom stereocenters. The Bertz CT molecular complexity index is 419. The molecule has 0 fully saturated rings. The molecule has 2 nitrogen and oxygen atoms in total. The number of hydrogen-bond donors (Lipinski definition) is 0. The highest BCUT2D eigenvalue weighted by Crippen LogP contribution is 2.39. The van der Waals surface area contributed by atoms with Crippen molar-refractivity contribution < 1.29 is 9.53 Å². The maximum absolute atomic E-state index is 11.8. The largest absolute Gasteiger partial charge is 0.462 e. The second-order valence-corrected chi connectivity index (χ2v) is 4.94. The molecule has 0 heterocycles. The summed E-state index contributed by atoms with van der Waals surface area (Å²) in [7, 11) is 0. The Kier molecular flexibility index (Phi) is 2.75. The molecule has 0 saturated heterocycles. The molecule has 2 rings (SSSR count). The number of carbonyl (C=O) groups excluding carboxylic acids is 1. The van der Waals surface area contributed by atoms with Crippen LogP contribution in [0.3, 0.4) is 0 Å². The zero-order valence-corrected chi connectivity index (χ0v) is 10.2. The number of fused-ring (bicyclic) bond motifs is 1. The van der Waals surface area contributed by atoms with Gasteiger partial charge in [-0.3, -0.25) is 0 Å². The minimum Gasteiger partial charge on any atom is -0.462 e. The minimum atomic E-state index is -0.183. The molecule has 0 aromatic heterocycles. The third-order valence-corrected chi connectivity index (χ3v) is 3.40. The van der Waals surface area contributed by atoms with Gasteiger partial charge in [-0.05, 0) is 42.4 Å². The van der Waals surface area contributed by atoms with Gasteiger partial charge in [-0.1, -0.05) is 26.0 Å². The summed E-state index contributed by atoms with van der Waals surface area (Å²) in [5.41, 5.74) is 3.44. The topological polar surface area (TPSA) is 26.3 Å². The first-order valence-corrected chi connectivity index (χ1v) is 5.86. The second-order valence-electron chi connectivity index (χ2n) is 4.94. The van der Waals surface area contributed by atoms with Gasteiger partial charge in [0.25, 0.3) is 0 Å². The summed E-state index contributed by atoms with van der Waals surface area (Å²) >= 11 is 0. The second kappa shape index (κ2) is 3.93. The van der Waals surface area contributed by atoms with Crippen molar-refractivity contribution in [1.82, 2.24) is 0 Å². The van der Waals surface area contributed by atoms with E-state index in [2.05, 4.69) is 19.9 Å². The zero-order chi connectivity index (χ0) is 11.8. The van der Waals surface area contributed by atoms with Crippen LogP contribution in [0.1, 0.15) is 48.7 Å². The lowest BCUT2D eigenvalue weighted by Gasteiger charge is -2.19. The Morgan fingerprint density at radius 3 is 2.88 bits per heavy atom. The highest BCUT2D eigenvalue weighted by molar-refractivity contribution is 5.91. The van der Waals surface area contributed by atoms with Crippen molar-refractivity contribution in [3.8, 4) is 0 Å². The molecule has 1 aliphatic carbocycles. The van der Waals surface area contributed by atoms with Gasteiger partial charge in [0.15, 0.2) is 0 Å². The van der Waals surface area contributed by atoms with E-state index in [4.69, 9.17) is 4.74 Å². The smallest absolute Gasteiger partial charge is 0.338 e. The van der Waals surface area contributed by atoms with E-state index in [0.717, 1.165) is 18.4 Å². The van der Waals surface area contributed by atoms with E-state index in [0.29, 0.717) is 6.61 Å². The average Bonchev–Trinajstić information content (AvgIpc) is 2.55. The number of rotatable bonds is 2. The van der Waals surface area contributed by atoms with E-state index in [1.165, 1.54) is 11.1 Å². The molecule has 1 aromatic rings. The summed E-state index contributed by atoms with van der Waals surface area (Å²) in [5, 5.41) is 0. The summed E-state index contributed by atoms with van der Waals surface area (Å²) in [5.74, 6) is -0.183. The lowest BCUT2D eigenvalue weighted by atomic mass is 9.86. The molecule has 0 amide bonds.